The van der Waals surface area contributed by atoms with Gasteiger partial charge in [-0.25, -0.2) is 4.79 Å². The van der Waals surface area contributed by atoms with Gasteiger partial charge >= 0.3 is 13.6 Å². The van der Waals surface area contributed by atoms with E-state index in [0.29, 0.717) is 11.1 Å². The zero-order valence-corrected chi connectivity index (χ0v) is 13.9. The lowest BCUT2D eigenvalue weighted by atomic mass is 10.0. The monoisotopic (exact) mass is 328 g/mol. The predicted molar refractivity (Wildman–Crippen MR) is 82.2 cm³/mol. The number of methoxy groups -OCH3 is 1. The van der Waals surface area contributed by atoms with Crippen molar-refractivity contribution in [1.29, 1.82) is 0 Å². The molecule has 1 aromatic rings. The van der Waals surface area contributed by atoms with Crippen molar-refractivity contribution in [3.63, 3.8) is 0 Å². The van der Waals surface area contributed by atoms with Crippen LogP contribution >= 0.6 is 7.60 Å². The maximum atomic E-state index is 12.3. The summed E-state index contributed by atoms with van der Waals surface area (Å²) in [6, 6.07) is 6.65. The van der Waals surface area contributed by atoms with Gasteiger partial charge in [0, 0.05) is 6.42 Å². The van der Waals surface area contributed by atoms with Crippen LogP contribution in [0.4, 0.5) is 0 Å². The van der Waals surface area contributed by atoms with Gasteiger partial charge in [-0.15, -0.1) is 0 Å². The van der Waals surface area contributed by atoms with Gasteiger partial charge in [0.15, 0.2) is 0 Å². The first-order valence-electron chi connectivity index (χ1n) is 7.01. The number of esters is 1. The Labute approximate surface area is 130 Å². The number of ether oxygens (including phenoxy) is 1. The minimum atomic E-state index is -3.42. The highest BCUT2D eigenvalue weighted by atomic mass is 31.2. The van der Waals surface area contributed by atoms with Crippen LogP contribution in [0.1, 0.15) is 29.8 Å². The maximum Gasteiger partial charge on any atom is 0.338 e. The van der Waals surface area contributed by atoms with Crippen LogP contribution in [0.25, 0.3) is 0 Å². The molecule has 0 aliphatic rings. The van der Waals surface area contributed by atoms with E-state index in [1.165, 1.54) is 7.11 Å². The van der Waals surface area contributed by atoms with Crippen molar-refractivity contribution < 1.29 is 27.9 Å². The first-order valence-corrected chi connectivity index (χ1v) is 8.74. The first kappa shape index (κ1) is 18.6. The van der Waals surface area contributed by atoms with Gasteiger partial charge in [-0.2, -0.15) is 0 Å². The lowest BCUT2D eigenvalue weighted by molar-refractivity contribution is -0.116. The molecule has 0 saturated heterocycles. The summed E-state index contributed by atoms with van der Waals surface area (Å²) in [7, 11) is -2.15. The largest absolute Gasteiger partial charge is 0.465 e. The number of carbonyl (C=O) groups is 2. The highest BCUT2D eigenvalue weighted by Gasteiger charge is 2.28. The van der Waals surface area contributed by atoms with Crippen LogP contribution in [0.15, 0.2) is 24.3 Å². The summed E-state index contributed by atoms with van der Waals surface area (Å²) in [5.41, 5.74) is 0.847. The van der Waals surface area contributed by atoms with Crippen LogP contribution in [0.3, 0.4) is 0 Å². The van der Waals surface area contributed by atoms with Crippen LogP contribution in [-0.4, -0.2) is 38.2 Å². The third-order valence-electron chi connectivity index (χ3n) is 2.83. The molecule has 7 heteroatoms. The standard InChI is InChI=1S/C15H21O6P/c1-4-20-22(18,21-5-2)11-13(16)10-12-8-6-7-9-14(12)15(17)19-3/h6-9H,4-5,10-11H2,1-3H3. The van der Waals surface area contributed by atoms with Crippen molar-refractivity contribution in [2.45, 2.75) is 20.3 Å². The third-order valence-corrected chi connectivity index (χ3v) is 4.88. The second kappa shape index (κ2) is 8.83. The number of Topliss-reactive ketones (excluding diaryl/α,β-unsaturated/α-hetero) is 1. The molecule has 0 bridgehead atoms. The fourth-order valence-corrected chi connectivity index (χ4v) is 3.58. The summed E-state index contributed by atoms with van der Waals surface area (Å²) < 4.78 is 27.2. The molecule has 22 heavy (non-hydrogen) atoms. The van der Waals surface area contributed by atoms with Gasteiger partial charge in [-0.3, -0.25) is 9.36 Å². The van der Waals surface area contributed by atoms with Crippen molar-refractivity contribution in [2.24, 2.45) is 0 Å². The highest BCUT2D eigenvalue weighted by molar-refractivity contribution is 7.54. The molecule has 1 aromatic carbocycles. The molecule has 0 spiro atoms. The molecule has 0 atom stereocenters. The Morgan fingerprint density at radius 2 is 1.68 bits per heavy atom. The van der Waals surface area contributed by atoms with E-state index in [1.54, 1.807) is 38.1 Å². The van der Waals surface area contributed by atoms with Crippen LogP contribution in [0.2, 0.25) is 0 Å². The summed E-state index contributed by atoms with van der Waals surface area (Å²) in [6.45, 7) is 3.76. The number of rotatable bonds is 9. The zero-order chi connectivity index (χ0) is 16.6. The van der Waals surface area contributed by atoms with Gasteiger partial charge in [-0.05, 0) is 25.5 Å². The van der Waals surface area contributed by atoms with Crippen molar-refractivity contribution >= 4 is 19.3 Å². The Balaban J connectivity index is 2.85. The molecule has 1 rings (SSSR count). The average molecular weight is 328 g/mol. The van der Waals surface area contributed by atoms with Crippen LogP contribution in [0.5, 0.6) is 0 Å². The molecular weight excluding hydrogens is 307 g/mol. The van der Waals surface area contributed by atoms with Gasteiger partial charge in [0.1, 0.15) is 11.9 Å². The topological polar surface area (TPSA) is 78.9 Å². The summed E-state index contributed by atoms with van der Waals surface area (Å²) >= 11 is 0. The van der Waals surface area contributed by atoms with E-state index in [-0.39, 0.29) is 31.6 Å². The Hall–Kier alpha value is -1.49. The van der Waals surface area contributed by atoms with E-state index in [4.69, 9.17) is 9.05 Å². The summed E-state index contributed by atoms with van der Waals surface area (Å²) in [6.07, 6.45) is -0.348. The third kappa shape index (κ3) is 5.37. The van der Waals surface area contributed by atoms with Gasteiger partial charge in [0.2, 0.25) is 0 Å². The van der Waals surface area contributed by atoms with Crippen LogP contribution in [-0.2, 0) is 29.6 Å². The van der Waals surface area contributed by atoms with Crippen molar-refractivity contribution in [1.82, 2.24) is 0 Å². The van der Waals surface area contributed by atoms with E-state index in [0.717, 1.165) is 0 Å². The number of hydrogen-bond acceptors (Lipinski definition) is 6. The van der Waals surface area contributed by atoms with Gasteiger partial charge < -0.3 is 13.8 Å². The molecule has 0 saturated carbocycles. The minimum Gasteiger partial charge on any atom is -0.465 e. The molecule has 0 aliphatic carbocycles. The molecule has 0 N–H and O–H groups in total. The molecule has 0 amide bonds. The minimum absolute atomic E-state index is 0.0323. The smallest absolute Gasteiger partial charge is 0.338 e. The van der Waals surface area contributed by atoms with Crippen molar-refractivity contribution in [3.8, 4) is 0 Å². The predicted octanol–water partition coefficient (Wildman–Crippen LogP) is 2.85. The summed E-state index contributed by atoms with van der Waals surface area (Å²) in [4.78, 5) is 23.8. The zero-order valence-electron chi connectivity index (χ0n) is 13.0. The molecule has 6 nitrogen and oxygen atoms in total. The number of carbonyl (C=O) groups excluding carboxylic acids is 2. The Bertz CT molecular complexity index is 559. The number of ketones is 1. The summed E-state index contributed by atoms with van der Waals surface area (Å²) in [5.74, 6) is -0.831. The van der Waals surface area contributed by atoms with Gasteiger partial charge in [0.25, 0.3) is 0 Å². The van der Waals surface area contributed by atoms with E-state index < -0.39 is 13.6 Å². The second-order valence-corrected chi connectivity index (χ2v) is 6.52. The second-order valence-electron chi connectivity index (χ2n) is 4.47. The summed E-state index contributed by atoms with van der Waals surface area (Å²) in [5, 5.41) is 0. The highest BCUT2D eigenvalue weighted by Crippen LogP contribution is 2.47. The average Bonchev–Trinajstić information content (AvgIpc) is 2.47. The molecule has 0 radical (unpaired) electrons. The van der Waals surface area contributed by atoms with Crippen molar-refractivity contribution in [2.75, 3.05) is 26.5 Å². The van der Waals surface area contributed by atoms with Gasteiger partial charge in [-0.1, -0.05) is 18.2 Å². The lowest BCUT2D eigenvalue weighted by Gasteiger charge is -2.16. The molecule has 0 aromatic heterocycles. The molecule has 0 unspecified atom stereocenters. The van der Waals surface area contributed by atoms with E-state index in [1.807, 2.05) is 0 Å². The van der Waals surface area contributed by atoms with E-state index >= 15 is 0 Å². The number of hydrogen-bond donors (Lipinski definition) is 0. The fraction of sp³-hybridized carbons (Fsp3) is 0.467. The van der Waals surface area contributed by atoms with E-state index in [9.17, 15) is 14.2 Å². The quantitative estimate of drug-likeness (QED) is 0.512. The maximum absolute atomic E-state index is 12.3. The Morgan fingerprint density at radius 3 is 2.23 bits per heavy atom. The lowest BCUT2D eigenvalue weighted by Crippen LogP contribution is -2.15. The first-order chi connectivity index (χ1) is 10.5. The SMILES string of the molecule is CCOP(=O)(CC(=O)Cc1ccccc1C(=O)OC)OCC. The Kier molecular flexibility index (Phi) is 7.45. The van der Waals surface area contributed by atoms with E-state index in [2.05, 4.69) is 4.74 Å². The van der Waals surface area contributed by atoms with Crippen LogP contribution < -0.4 is 0 Å². The van der Waals surface area contributed by atoms with Gasteiger partial charge in [0.05, 0.1) is 25.9 Å². The molecule has 0 heterocycles. The normalized spacial score (nSPS) is 11.2. The van der Waals surface area contributed by atoms with Crippen molar-refractivity contribution in [3.05, 3.63) is 35.4 Å². The van der Waals surface area contributed by atoms with Crippen LogP contribution in [0, 0.1) is 0 Å². The molecule has 122 valence electrons. The molecular formula is C15H21O6P. The Morgan fingerprint density at radius 1 is 1.09 bits per heavy atom. The molecule has 0 fully saturated rings. The number of benzene rings is 1. The fourth-order valence-electron chi connectivity index (χ4n) is 1.99. The molecule has 0 aliphatic heterocycles.